The van der Waals surface area contributed by atoms with Gasteiger partial charge in [0.25, 0.3) is 5.91 Å². The number of nitrogens with one attached hydrogen (secondary N) is 3. The highest BCUT2D eigenvalue weighted by Gasteiger charge is 2.39. The zero-order valence-electron chi connectivity index (χ0n) is 20.5. The van der Waals surface area contributed by atoms with Gasteiger partial charge in [0.1, 0.15) is 5.02 Å². The molecule has 3 aliphatic rings. The molecule has 2 atom stereocenters. The van der Waals surface area contributed by atoms with Gasteiger partial charge in [0, 0.05) is 32.7 Å². The van der Waals surface area contributed by atoms with Crippen molar-refractivity contribution in [3.63, 3.8) is 0 Å². The molecule has 0 saturated carbocycles. The zero-order chi connectivity index (χ0) is 25.7. The van der Waals surface area contributed by atoms with Crippen LogP contribution in [-0.2, 0) is 6.54 Å². The SMILES string of the molecule is COc1c(Nc2ncc(Cl)c(Nc3cccc4c3C(=O)NC4)n2)ccc(N2C[C@H]3CN(C)C[C@H]3C2)c1F. The summed E-state index contributed by atoms with van der Waals surface area (Å²) < 4.78 is 21.1. The van der Waals surface area contributed by atoms with Crippen LogP contribution in [0.1, 0.15) is 15.9 Å². The minimum absolute atomic E-state index is 0.0947. The lowest BCUT2D eigenvalue weighted by atomic mass is 10.0. The number of likely N-dealkylation sites (tertiary alicyclic amines) is 1. The summed E-state index contributed by atoms with van der Waals surface area (Å²) in [6.07, 6.45) is 1.44. The Morgan fingerprint density at radius 3 is 2.65 bits per heavy atom. The maximum absolute atomic E-state index is 15.6. The molecular formula is C26H27ClFN7O2. The summed E-state index contributed by atoms with van der Waals surface area (Å²) >= 11 is 6.35. The summed E-state index contributed by atoms with van der Waals surface area (Å²) in [5, 5.41) is 9.28. The van der Waals surface area contributed by atoms with E-state index in [4.69, 9.17) is 16.3 Å². The smallest absolute Gasteiger partial charge is 0.254 e. The van der Waals surface area contributed by atoms with Gasteiger partial charge >= 0.3 is 0 Å². The van der Waals surface area contributed by atoms with Crippen LogP contribution in [0.15, 0.2) is 36.5 Å². The van der Waals surface area contributed by atoms with E-state index >= 15 is 4.39 Å². The number of nitrogens with zero attached hydrogens (tertiary/aromatic N) is 4. The van der Waals surface area contributed by atoms with Gasteiger partial charge in [-0.3, -0.25) is 4.79 Å². The summed E-state index contributed by atoms with van der Waals surface area (Å²) in [5.41, 5.74) is 2.98. The van der Waals surface area contributed by atoms with Gasteiger partial charge in [0.05, 0.1) is 35.9 Å². The van der Waals surface area contributed by atoms with E-state index in [9.17, 15) is 4.79 Å². The molecule has 192 valence electrons. The van der Waals surface area contributed by atoms with Crippen molar-refractivity contribution in [1.29, 1.82) is 0 Å². The maximum atomic E-state index is 15.6. The number of ether oxygens (including phenoxy) is 1. The Labute approximate surface area is 219 Å². The number of halogens is 2. The number of benzene rings is 2. The first-order chi connectivity index (χ1) is 17.9. The number of carbonyl (C=O) groups excluding carboxylic acids is 1. The van der Waals surface area contributed by atoms with E-state index in [2.05, 4.69) is 42.8 Å². The van der Waals surface area contributed by atoms with Crippen LogP contribution < -0.4 is 25.6 Å². The standard InChI is InChI=1S/C26H27ClFN7O2/c1-34-10-15-12-35(13-16(15)11-34)20-7-6-19(23(37-2)22(20)28)32-26-30-9-17(27)24(33-26)31-18-5-3-4-14-8-29-25(36)21(14)18/h3-7,9,15-16H,8,10-13H2,1-2H3,(H,29,36)(H2,30,31,32,33)/t15-,16+. The minimum atomic E-state index is -0.418. The number of methoxy groups -OCH3 is 1. The average Bonchev–Trinajstić information content (AvgIpc) is 3.54. The van der Waals surface area contributed by atoms with Crippen molar-refractivity contribution in [3.8, 4) is 5.75 Å². The third kappa shape index (κ3) is 4.30. The van der Waals surface area contributed by atoms with E-state index in [0.29, 0.717) is 46.8 Å². The van der Waals surface area contributed by atoms with Crippen LogP contribution >= 0.6 is 11.6 Å². The molecule has 6 rings (SSSR count). The van der Waals surface area contributed by atoms with Gasteiger partial charge in [-0.25, -0.2) is 9.37 Å². The molecule has 11 heteroatoms. The Morgan fingerprint density at radius 2 is 1.89 bits per heavy atom. The Bertz CT molecular complexity index is 1370. The van der Waals surface area contributed by atoms with Crippen LogP contribution in [0.5, 0.6) is 5.75 Å². The molecular weight excluding hydrogens is 497 g/mol. The van der Waals surface area contributed by atoms with Crippen molar-refractivity contribution in [3.05, 3.63) is 58.5 Å². The number of hydrogen-bond acceptors (Lipinski definition) is 8. The Balaban J connectivity index is 1.24. The predicted molar refractivity (Wildman–Crippen MR) is 141 cm³/mol. The molecule has 1 aromatic heterocycles. The number of fused-ring (bicyclic) bond motifs is 2. The molecule has 9 nitrogen and oxygen atoms in total. The fourth-order valence-corrected chi connectivity index (χ4v) is 5.80. The highest BCUT2D eigenvalue weighted by Crippen LogP contribution is 2.40. The lowest BCUT2D eigenvalue weighted by Crippen LogP contribution is -2.27. The van der Waals surface area contributed by atoms with Crippen LogP contribution in [0, 0.1) is 17.7 Å². The third-order valence-electron chi connectivity index (χ3n) is 7.35. The van der Waals surface area contributed by atoms with E-state index in [1.165, 1.54) is 13.3 Å². The Hall–Kier alpha value is -3.63. The maximum Gasteiger partial charge on any atom is 0.254 e. The molecule has 0 aliphatic carbocycles. The number of carbonyl (C=O) groups is 1. The van der Waals surface area contributed by atoms with Crippen molar-refractivity contribution in [2.45, 2.75) is 6.54 Å². The molecule has 37 heavy (non-hydrogen) atoms. The Kier molecular flexibility index (Phi) is 6.00. The van der Waals surface area contributed by atoms with Crippen LogP contribution in [0.25, 0.3) is 0 Å². The predicted octanol–water partition coefficient (Wildman–Crippen LogP) is 4.01. The molecule has 2 fully saturated rings. The van der Waals surface area contributed by atoms with E-state index < -0.39 is 5.82 Å². The van der Waals surface area contributed by atoms with Gasteiger partial charge in [0.15, 0.2) is 17.4 Å². The number of anilines is 5. The van der Waals surface area contributed by atoms with Crippen LogP contribution in [0.2, 0.25) is 5.02 Å². The van der Waals surface area contributed by atoms with Crippen LogP contribution in [-0.4, -0.2) is 61.1 Å². The van der Waals surface area contributed by atoms with E-state index in [-0.39, 0.29) is 22.6 Å². The second kappa shape index (κ2) is 9.35. The highest BCUT2D eigenvalue weighted by molar-refractivity contribution is 6.33. The number of aromatic nitrogens is 2. The minimum Gasteiger partial charge on any atom is -0.492 e. The van der Waals surface area contributed by atoms with Crippen molar-refractivity contribution < 1.29 is 13.9 Å². The summed E-state index contributed by atoms with van der Waals surface area (Å²) in [4.78, 5) is 25.5. The number of rotatable bonds is 6. The van der Waals surface area contributed by atoms with E-state index in [0.717, 1.165) is 31.7 Å². The molecule has 0 radical (unpaired) electrons. The quantitative estimate of drug-likeness (QED) is 0.446. The summed E-state index contributed by atoms with van der Waals surface area (Å²) in [6, 6.07) is 9.08. The van der Waals surface area contributed by atoms with Crippen molar-refractivity contribution >= 4 is 46.3 Å². The van der Waals surface area contributed by atoms with Gasteiger partial charge in [-0.05, 0) is 42.6 Å². The molecule has 2 saturated heterocycles. The summed E-state index contributed by atoms with van der Waals surface area (Å²) in [7, 11) is 3.58. The summed E-state index contributed by atoms with van der Waals surface area (Å²) in [5.74, 6) is 1.15. The molecule has 0 spiro atoms. The molecule has 3 aromatic rings. The van der Waals surface area contributed by atoms with Gasteiger partial charge in [-0.1, -0.05) is 23.7 Å². The lowest BCUT2D eigenvalue weighted by molar-refractivity contribution is 0.0966. The normalized spacial score (nSPS) is 20.5. The van der Waals surface area contributed by atoms with Gasteiger partial charge < -0.3 is 30.5 Å². The van der Waals surface area contributed by atoms with Crippen LogP contribution in [0.4, 0.5) is 33.2 Å². The monoisotopic (exact) mass is 523 g/mol. The lowest BCUT2D eigenvalue weighted by Gasteiger charge is -2.23. The van der Waals surface area contributed by atoms with E-state index in [1.807, 2.05) is 12.1 Å². The topological polar surface area (TPSA) is 94.6 Å². The number of amides is 1. The van der Waals surface area contributed by atoms with Crippen molar-refractivity contribution in [2.75, 3.05) is 55.9 Å². The molecule has 4 heterocycles. The van der Waals surface area contributed by atoms with Gasteiger partial charge in [0.2, 0.25) is 5.95 Å². The molecule has 3 N–H and O–H groups in total. The van der Waals surface area contributed by atoms with Gasteiger partial charge in [-0.2, -0.15) is 4.98 Å². The Morgan fingerprint density at radius 1 is 1.11 bits per heavy atom. The van der Waals surface area contributed by atoms with Crippen LogP contribution in [0.3, 0.4) is 0 Å². The van der Waals surface area contributed by atoms with Gasteiger partial charge in [-0.15, -0.1) is 0 Å². The first-order valence-corrected chi connectivity index (χ1v) is 12.6. The largest absolute Gasteiger partial charge is 0.492 e. The zero-order valence-corrected chi connectivity index (χ0v) is 21.3. The summed E-state index contributed by atoms with van der Waals surface area (Å²) in [6.45, 7) is 4.22. The van der Waals surface area contributed by atoms with E-state index in [1.54, 1.807) is 18.2 Å². The van der Waals surface area contributed by atoms with Crippen molar-refractivity contribution in [1.82, 2.24) is 20.2 Å². The third-order valence-corrected chi connectivity index (χ3v) is 7.63. The molecule has 1 amide bonds. The second-order valence-electron chi connectivity index (χ2n) is 9.79. The molecule has 0 bridgehead atoms. The molecule has 3 aliphatic heterocycles. The average molecular weight is 524 g/mol. The first kappa shape index (κ1) is 23.7. The fourth-order valence-electron chi connectivity index (χ4n) is 5.66. The first-order valence-electron chi connectivity index (χ1n) is 12.2. The highest BCUT2D eigenvalue weighted by atomic mass is 35.5. The fraction of sp³-hybridized carbons (Fsp3) is 0.346. The number of hydrogen-bond donors (Lipinski definition) is 3. The molecule has 0 unspecified atom stereocenters. The van der Waals surface area contributed by atoms with Crippen molar-refractivity contribution in [2.24, 2.45) is 11.8 Å². The second-order valence-corrected chi connectivity index (χ2v) is 10.2. The molecule has 2 aromatic carbocycles.